The summed E-state index contributed by atoms with van der Waals surface area (Å²) in [4.78, 5) is 14.3. The van der Waals surface area contributed by atoms with Gasteiger partial charge in [-0.3, -0.25) is 4.79 Å². The molecule has 1 fully saturated rings. The van der Waals surface area contributed by atoms with Gasteiger partial charge in [0, 0.05) is 25.0 Å². The molecule has 1 aliphatic heterocycles. The first-order valence-corrected chi connectivity index (χ1v) is 7.18. The van der Waals surface area contributed by atoms with Crippen LogP contribution in [0.3, 0.4) is 0 Å². The van der Waals surface area contributed by atoms with Gasteiger partial charge in [0.05, 0.1) is 0 Å². The summed E-state index contributed by atoms with van der Waals surface area (Å²) in [6.45, 7) is 8.44. The Balaban J connectivity index is 2.36. The monoisotopic (exact) mass is 240 g/mol. The molecule has 1 amide bonds. The Labute approximate surface area is 106 Å². The maximum absolute atomic E-state index is 12.2. The lowest BCUT2D eigenvalue weighted by atomic mass is 10.1. The fourth-order valence-electron chi connectivity index (χ4n) is 2.46. The Hall–Kier alpha value is -0.570. The second kappa shape index (κ2) is 7.70. The van der Waals surface area contributed by atoms with E-state index in [0.717, 1.165) is 25.9 Å². The van der Waals surface area contributed by atoms with Crippen molar-refractivity contribution in [2.75, 3.05) is 13.1 Å². The predicted molar refractivity (Wildman–Crippen MR) is 72.0 cm³/mol. The number of hydrogen-bond acceptors (Lipinski definition) is 2. The molecule has 0 saturated carbocycles. The van der Waals surface area contributed by atoms with Gasteiger partial charge in [-0.1, -0.05) is 19.8 Å². The van der Waals surface area contributed by atoms with E-state index in [0.29, 0.717) is 24.4 Å². The quantitative estimate of drug-likeness (QED) is 0.694. The summed E-state index contributed by atoms with van der Waals surface area (Å²) in [6, 6.07) is 0.760. The molecule has 100 valence electrons. The van der Waals surface area contributed by atoms with Crippen LogP contribution in [-0.2, 0) is 4.79 Å². The average molecular weight is 240 g/mol. The van der Waals surface area contributed by atoms with Crippen molar-refractivity contribution < 1.29 is 4.79 Å². The second-order valence-corrected chi connectivity index (χ2v) is 5.39. The molecule has 1 N–H and O–H groups in total. The van der Waals surface area contributed by atoms with E-state index in [1.807, 2.05) is 0 Å². The first-order chi connectivity index (χ1) is 8.15. The van der Waals surface area contributed by atoms with Gasteiger partial charge in [0.2, 0.25) is 5.91 Å². The average Bonchev–Trinajstić information content (AvgIpc) is 2.76. The van der Waals surface area contributed by atoms with Crippen molar-refractivity contribution in [3.05, 3.63) is 0 Å². The molecule has 0 radical (unpaired) electrons. The Kier molecular flexibility index (Phi) is 6.56. The summed E-state index contributed by atoms with van der Waals surface area (Å²) >= 11 is 0. The molecule has 1 rings (SSSR count). The molecule has 3 nitrogen and oxygen atoms in total. The number of carbonyl (C=O) groups is 1. The molecule has 3 heteroatoms. The van der Waals surface area contributed by atoms with E-state index in [9.17, 15) is 4.79 Å². The van der Waals surface area contributed by atoms with Crippen molar-refractivity contribution in [1.82, 2.24) is 10.2 Å². The van der Waals surface area contributed by atoms with Crippen LogP contribution < -0.4 is 5.32 Å². The number of carbonyl (C=O) groups excluding carboxylic acids is 1. The molecule has 1 heterocycles. The molecule has 0 bridgehead atoms. The Morgan fingerprint density at radius 3 is 2.71 bits per heavy atom. The topological polar surface area (TPSA) is 32.3 Å². The standard InChI is InChI=1S/C14H28N2O/c1-4-5-6-10-16(12(2)3)14(17)11-13-8-7-9-15-13/h12-13,15H,4-11H2,1-3H3. The summed E-state index contributed by atoms with van der Waals surface area (Å²) in [6.07, 6.45) is 6.63. The lowest BCUT2D eigenvalue weighted by molar-refractivity contribution is -0.133. The van der Waals surface area contributed by atoms with Gasteiger partial charge in [0.25, 0.3) is 0 Å². The normalized spacial score (nSPS) is 19.9. The van der Waals surface area contributed by atoms with Gasteiger partial charge in [0.1, 0.15) is 0 Å². The maximum Gasteiger partial charge on any atom is 0.224 e. The third kappa shape index (κ3) is 5.07. The second-order valence-electron chi connectivity index (χ2n) is 5.39. The molecule has 1 saturated heterocycles. The van der Waals surface area contributed by atoms with E-state index >= 15 is 0 Å². The fourth-order valence-corrected chi connectivity index (χ4v) is 2.46. The highest BCUT2D eigenvalue weighted by Gasteiger charge is 2.22. The Morgan fingerprint density at radius 1 is 1.41 bits per heavy atom. The smallest absolute Gasteiger partial charge is 0.224 e. The SMILES string of the molecule is CCCCCN(C(=O)CC1CCCN1)C(C)C. The fraction of sp³-hybridized carbons (Fsp3) is 0.929. The summed E-state index contributed by atoms with van der Waals surface area (Å²) in [5.74, 6) is 0.329. The summed E-state index contributed by atoms with van der Waals surface area (Å²) < 4.78 is 0. The van der Waals surface area contributed by atoms with Crippen LogP contribution in [0.25, 0.3) is 0 Å². The van der Waals surface area contributed by atoms with Crippen molar-refractivity contribution in [2.45, 2.75) is 71.4 Å². The van der Waals surface area contributed by atoms with Crippen molar-refractivity contribution in [2.24, 2.45) is 0 Å². The van der Waals surface area contributed by atoms with Crippen LogP contribution in [0.15, 0.2) is 0 Å². The van der Waals surface area contributed by atoms with E-state index < -0.39 is 0 Å². The molecule has 0 aromatic carbocycles. The zero-order valence-electron chi connectivity index (χ0n) is 11.7. The van der Waals surface area contributed by atoms with Crippen molar-refractivity contribution >= 4 is 5.91 Å². The lowest BCUT2D eigenvalue weighted by Crippen LogP contribution is -2.40. The summed E-state index contributed by atoms with van der Waals surface area (Å²) in [7, 11) is 0. The number of hydrogen-bond donors (Lipinski definition) is 1. The zero-order chi connectivity index (χ0) is 12.7. The van der Waals surface area contributed by atoms with E-state index in [4.69, 9.17) is 0 Å². The number of nitrogens with one attached hydrogen (secondary N) is 1. The Bertz CT molecular complexity index is 222. The summed E-state index contributed by atoms with van der Waals surface area (Å²) in [5, 5.41) is 3.40. The van der Waals surface area contributed by atoms with Gasteiger partial charge in [0.15, 0.2) is 0 Å². The number of nitrogens with zero attached hydrogens (tertiary/aromatic N) is 1. The molecule has 17 heavy (non-hydrogen) atoms. The van der Waals surface area contributed by atoms with E-state index in [1.54, 1.807) is 0 Å². The third-order valence-electron chi connectivity index (χ3n) is 3.53. The Morgan fingerprint density at radius 2 is 2.18 bits per heavy atom. The van der Waals surface area contributed by atoms with Crippen LogP contribution in [0, 0.1) is 0 Å². The van der Waals surface area contributed by atoms with Gasteiger partial charge in [-0.25, -0.2) is 0 Å². The van der Waals surface area contributed by atoms with Crippen LogP contribution >= 0.6 is 0 Å². The van der Waals surface area contributed by atoms with Gasteiger partial charge in [-0.05, 0) is 39.7 Å². The number of rotatable bonds is 7. The van der Waals surface area contributed by atoms with Crippen LogP contribution in [0.1, 0.15) is 59.3 Å². The summed E-state index contributed by atoms with van der Waals surface area (Å²) in [5.41, 5.74) is 0. The van der Waals surface area contributed by atoms with Crippen molar-refractivity contribution in [3.8, 4) is 0 Å². The zero-order valence-corrected chi connectivity index (χ0v) is 11.7. The van der Waals surface area contributed by atoms with Gasteiger partial charge < -0.3 is 10.2 Å². The van der Waals surface area contributed by atoms with Gasteiger partial charge >= 0.3 is 0 Å². The highest BCUT2D eigenvalue weighted by atomic mass is 16.2. The van der Waals surface area contributed by atoms with E-state index in [1.165, 1.54) is 19.3 Å². The molecular formula is C14H28N2O. The third-order valence-corrected chi connectivity index (χ3v) is 3.53. The molecule has 0 spiro atoms. The molecule has 1 aliphatic rings. The molecule has 0 aromatic rings. The van der Waals surface area contributed by atoms with Crippen LogP contribution in [-0.4, -0.2) is 36.0 Å². The minimum Gasteiger partial charge on any atom is -0.340 e. The highest BCUT2D eigenvalue weighted by molar-refractivity contribution is 5.77. The van der Waals surface area contributed by atoms with Crippen LogP contribution in [0.5, 0.6) is 0 Å². The van der Waals surface area contributed by atoms with E-state index in [2.05, 4.69) is 31.0 Å². The van der Waals surface area contributed by atoms with Crippen molar-refractivity contribution in [3.63, 3.8) is 0 Å². The minimum atomic E-state index is 0.329. The molecule has 0 aromatic heterocycles. The predicted octanol–water partition coefficient (Wildman–Crippen LogP) is 2.56. The van der Waals surface area contributed by atoms with Crippen LogP contribution in [0.4, 0.5) is 0 Å². The van der Waals surface area contributed by atoms with E-state index in [-0.39, 0.29) is 0 Å². The largest absolute Gasteiger partial charge is 0.340 e. The van der Waals surface area contributed by atoms with Gasteiger partial charge in [-0.2, -0.15) is 0 Å². The molecule has 1 unspecified atom stereocenters. The first kappa shape index (κ1) is 14.5. The molecule has 1 atom stereocenters. The molecular weight excluding hydrogens is 212 g/mol. The van der Waals surface area contributed by atoms with Crippen LogP contribution in [0.2, 0.25) is 0 Å². The number of amides is 1. The minimum absolute atomic E-state index is 0.329. The highest BCUT2D eigenvalue weighted by Crippen LogP contribution is 2.13. The molecule has 0 aliphatic carbocycles. The first-order valence-electron chi connectivity index (χ1n) is 7.18. The number of unbranched alkanes of at least 4 members (excludes halogenated alkanes) is 2. The van der Waals surface area contributed by atoms with Crippen molar-refractivity contribution in [1.29, 1.82) is 0 Å². The maximum atomic E-state index is 12.2. The van der Waals surface area contributed by atoms with Gasteiger partial charge in [-0.15, -0.1) is 0 Å². The lowest BCUT2D eigenvalue weighted by Gasteiger charge is -2.28.